The first-order valence-corrected chi connectivity index (χ1v) is 11.7. The van der Waals surface area contributed by atoms with Crippen LogP contribution in [0, 0.1) is 5.82 Å². The topological polar surface area (TPSA) is 79.2 Å². The number of carbonyl (C=O) groups is 1. The molecule has 0 spiro atoms. The predicted octanol–water partition coefficient (Wildman–Crippen LogP) is 5.30. The number of methoxy groups -OCH3 is 1. The van der Waals surface area contributed by atoms with E-state index >= 15 is 0 Å². The van der Waals surface area contributed by atoms with E-state index in [0.717, 1.165) is 6.54 Å². The minimum Gasteiger partial charge on any atom is -0.494 e. The van der Waals surface area contributed by atoms with Crippen LogP contribution >= 0.6 is 11.6 Å². The highest BCUT2D eigenvalue weighted by Gasteiger charge is 2.46. The molecule has 2 fully saturated rings. The Morgan fingerprint density at radius 3 is 2.76 bits per heavy atom. The first kappa shape index (κ1) is 22.6. The maximum Gasteiger partial charge on any atom is 0.248 e. The van der Waals surface area contributed by atoms with E-state index in [2.05, 4.69) is 25.5 Å². The zero-order valence-corrected chi connectivity index (χ0v) is 19.5. The molecule has 1 aromatic heterocycles. The smallest absolute Gasteiger partial charge is 0.248 e. The van der Waals surface area contributed by atoms with Crippen LogP contribution in [-0.2, 0) is 4.79 Å². The molecule has 2 heterocycles. The lowest BCUT2D eigenvalue weighted by Crippen LogP contribution is -2.10. The van der Waals surface area contributed by atoms with Crippen molar-refractivity contribution in [1.29, 1.82) is 0 Å². The number of benzene rings is 2. The van der Waals surface area contributed by atoms with Gasteiger partial charge in [0.25, 0.3) is 0 Å². The van der Waals surface area contributed by atoms with E-state index in [1.165, 1.54) is 51.3 Å². The van der Waals surface area contributed by atoms with Crippen molar-refractivity contribution >= 4 is 45.6 Å². The number of nitrogens with one attached hydrogen (secondary N) is 2. The van der Waals surface area contributed by atoms with E-state index in [1.807, 2.05) is 6.08 Å². The fraction of sp³-hybridized carbons (Fsp3) is 0.320. The number of fused-ring (bicyclic) bond motifs is 2. The molecule has 2 unspecified atom stereocenters. The molecule has 0 bridgehead atoms. The van der Waals surface area contributed by atoms with Gasteiger partial charge in [-0.05, 0) is 37.1 Å². The third-order valence-electron chi connectivity index (χ3n) is 6.44. The molecule has 1 aliphatic heterocycles. The number of ether oxygens (including phenoxy) is 1. The van der Waals surface area contributed by atoms with Crippen LogP contribution < -0.4 is 15.4 Å². The van der Waals surface area contributed by atoms with Crippen molar-refractivity contribution in [2.24, 2.45) is 0 Å². The molecule has 1 saturated carbocycles. The van der Waals surface area contributed by atoms with Crippen molar-refractivity contribution in [3.63, 3.8) is 0 Å². The van der Waals surface area contributed by atoms with Gasteiger partial charge in [0.15, 0.2) is 0 Å². The van der Waals surface area contributed by atoms with Gasteiger partial charge in [0.1, 0.15) is 23.7 Å². The Kier molecular flexibility index (Phi) is 6.34. The third kappa shape index (κ3) is 4.69. The van der Waals surface area contributed by atoms with Crippen molar-refractivity contribution < 1.29 is 13.9 Å². The van der Waals surface area contributed by atoms with Gasteiger partial charge in [-0.3, -0.25) is 9.69 Å². The van der Waals surface area contributed by atoms with E-state index in [4.69, 9.17) is 16.3 Å². The number of aromatic nitrogens is 2. The van der Waals surface area contributed by atoms with E-state index in [1.54, 1.807) is 24.3 Å². The normalized spacial score (nSPS) is 21.3. The number of carbonyl (C=O) groups excluding carboxylic acids is 1. The SMILES string of the molecule is COc1cc2ncnc(Nc3ccc(F)c(Cl)c3)c2cc1NC(=O)C=CCN1C2CCCCC21. The molecule has 2 aliphatic rings. The number of halogens is 2. The van der Waals surface area contributed by atoms with Crippen LogP contribution in [0.4, 0.5) is 21.6 Å². The largest absolute Gasteiger partial charge is 0.494 e. The first-order valence-electron chi connectivity index (χ1n) is 11.3. The molecule has 1 aliphatic carbocycles. The summed E-state index contributed by atoms with van der Waals surface area (Å²) in [5, 5.41) is 6.70. The molecule has 2 N–H and O–H groups in total. The second-order valence-electron chi connectivity index (χ2n) is 8.55. The van der Waals surface area contributed by atoms with Gasteiger partial charge in [0.05, 0.1) is 23.3 Å². The van der Waals surface area contributed by atoms with E-state index in [0.29, 0.717) is 45.9 Å². The van der Waals surface area contributed by atoms with E-state index in [-0.39, 0.29) is 10.9 Å². The minimum absolute atomic E-state index is 0.00606. The molecule has 5 rings (SSSR count). The van der Waals surface area contributed by atoms with Gasteiger partial charge in [-0.1, -0.05) is 30.5 Å². The molecule has 3 aromatic rings. The molecule has 7 nitrogen and oxygen atoms in total. The molecule has 9 heteroatoms. The van der Waals surface area contributed by atoms with Gasteiger partial charge in [0.2, 0.25) is 5.91 Å². The van der Waals surface area contributed by atoms with Gasteiger partial charge >= 0.3 is 0 Å². The summed E-state index contributed by atoms with van der Waals surface area (Å²) in [6, 6.07) is 9.22. The molecular weight excluding hydrogens is 457 g/mol. The Labute approximate surface area is 202 Å². The number of hydrogen-bond donors (Lipinski definition) is 2. The Balaban J connectivity index is 1.33. The highest BCUT2D eigenvalue weighted by molar-refractivity contribution is 6.31. The lowest BCUT2D eigenvalue weighted by atomic mass is 10.0. The summed E-state index contributed by atoms with van der Waals surface area (Å²) in [5.74, 6) is 0.241. The molecule has 1 saturated heterocycles. The minimum atomic E-state index is -0.500. The van der Waals surface area contributed by atoms with Crippen molar-refractivity contribution in [2.75, 3.05) is 24.3 Å². The van der Waals surface area contributed by atoms with Crippen LogP contribution in [0.5, 0.6) is 5.75 Å². The Hall–Kier alpha value is -3.23. The Morgan fingerprint density at radius 2 is 2.03 bits per heavy atom. The van der Waals surface area contributed by atoms with Crippen LogP contribution in [-0.4, -0.2) is 46.5 Å². The monoisotopic (exact) mass is 481 g/mol. The van der Waals surface area contributed by atoms with Gasteiger partial charge in [0, 0.05) is 41.8 Å². The summed E-state index contributed by atoms with van der Waals surface area (Å²) >= 11 is 5.90. The van der Waals surface area contributed by atoms with Crippen LogP contribution in [0.25, 0.3) is 10.9 Å². The van der Waals surface area contributed by atoms with E-state index < -0.39 is 5.82 Å². The predicted molar refractivity (Wildman–Crippen MR) is 131 cm³/mol. The quantitative estimate of drug-likeness (QED) is 0.352. The van der Waals surface area contributed by atoms with Crippen molar-refractivity contribution in [1.82, 2.24) is 14.9 Å². The third-order valence-corrected chi connectivity index (χ3v) is 6.73. The van der Waals surface area contributed by atoms with Crippen molar-refractivity contribution in [3.05, 3.63) is 59.7 Å². The second kappa shape index (κ2) is 9.56. The summed E-state index contributed by atoms with van der Waals surface area (Å²) < 4.78 is 19.0. The van der Waals surface area contributed by atoms with Crippen molar-refractivity contribution in [2.45, 2.75) is 37.8 Å². The van der Waals surface area contributed by atoms with Gasteiger partial charge in [-0.15, -0.1) is 0 Å². The molecule has 176 valence electrons. The zero-order valence-electron chi connectivity index (χ0n) is 18.7. The standard InChI is InChI=1S/C25H25ClFN5O2/c1-34-23-13-19-16(25(29-14-28-19)30-15-8-9-18(27)17(26)11-15)12-20(23)31-24(33)7-4-10-32-21-5-2-3-6-22(21)32/h4,7-9,11-14,21-22H,2-3,5-6,10H2,1H3,(H,31,33)(H,28,29,30). The first-order chi connectivity index (χ1) is 16.5. The highest BCUT2D eigenvalue weighted by Crippen LogP contribution is 2.40. The number of amides is 1. The fourth-order valence-corrected chi connectivity index (χ4v) is 4.88. The molecular formula is C25H25ClFN5O2. The molecule has 1 amide bonds. The Morgan fingerprint density at radius 1 is 1.24 bits per heavy atom. The summed E-state index contributed by atoms with van der Waals surface area (Å²) in [4.78, 5) is 23.7. The molecule has 34 heavy (non-hydrogen) atoms. The van der Waals surface area contributed by atoms with Crippen LogP contribution in [0.15, 0.2) is 48.8 Å². The second-order valence-corrected chi connectivity index (χ2v) is 8.96. The lowest BCUT2D eigenvalue weighted by Gasteiger charge is -2.13. The average Bonchev–Trinajstić information content (AvgIpc) is 3.54. The molecule has 2 atom stereocenters. The summed E-state index contributed by atoms with van der Waals surface area (Å²) in [7, 11) is 1.54. The number of anilines is 3. The van der Waals surface area contributed by atoms with Crippen LogP contribution in [0.2, 0.25) is 5.02 Å². The van der Waals surface area contributed by atoms with Gasteiger partial charge in [-0.2, -0.15) is 0 Å². The van der Waals surface area contributed by atoms with Gasteiger partial charge in [-0.25, -0.2) is 14.4 Å². The molecule has 2 aromatic carbocycles. The maximum absolute atomic E-state index is 13.5. The zero-order chi connectivity index (χ0) is 23.7. The molecule has 0 radical (unpaired) electrons. The number of hydrogen-bond acceptors (Lipinski definition) is 6. The lowest BCUT2D eigenvalue weighted by molar-refractivity contribution is -0.111. The van der Waals surface area contributed by atoms with Crippen LogP contribution in [0.1, 0.15) is 25.7 Å². The van der Waals surface area contributed by atoms with Crippen molar-refractivity contribution in [3.8, 4) is 5.75 Å². The summed E-state index contributed by atoms with van der Waals surface area (Å²) in [5.41, 5.74) is 1.70. The van der Waals surface area contributed by atoms with Crippen LogP contribution in [0.3, 0.4) is 0 Å². The fourth-order valence-electron chi connectivity index (χ4n) is 4.70. The number of nitrogens with zero attached hydrogens (tertiary/aromatic N) is 3. The number of likely N-dealkylation sites (tertiary alicyclic amines) is 1. The highest BCUT2D eigenvalue weighted by atomic mass is 35.5. The average molecular weight is 482 g/mol. The summed E-state index contributed by atoms with van der Waals surface area (Å²) in [6.07, 6.45) is 10.0. The summed E-state index contributed by atoms with van der Waals surface area (Å²) in [6.45, 7) is 0.791. The van der Waals surface area contributed by atoms with Gasteiger partial charge < -0.3 is 15.4 Å². The number of rotatable bonds is 7. The maximum atomic E-state index is 13.5. The Bertz CT molecular complexity index is 1260. The van der Waals surface area contributed by atoms with E-state index in [9.17, 15) is 9.18 Å².